The Labute approximate surface area is 162 Å². The minimum Gasteiger partial charge on any atom is -0.497 e. The summed E-state index contributed by atoms with van der Waals surface area (Å²) in [6.45, 7) is 2.58. The maximum absolute atomic E-state index is 5.69. The number of amidine groups is 1. The van der Waals surface area contributed by atoms with E-state index in [9.17, 15) is 0 Å². The summed E-state index contributed by atoms with van der Waals surface area (Å²) in [5, 5.41) is 6.70. The van der Waals surface area contributed by atoms with Gasteiger partial charge in [0.15, 0.2) is 5.84 Å². The van der Waals surface area contributed by atoms with Crippen molar-refractivity contribution in [3.05, 3.63) is 76.0 Å². The van der Waals surface area contributed by atoms with Crippen molar-refractivity contribution in [2.45, 2.75) is 6.92 Å². The van der Waals surface area contributed by atoms with Gasteiger partial charge in [-0.25, -0.2) is 4.99 Å². The van der Waals surface area contributed by atoms with Gasteiger partial charge in [0.05, 0.1) is 24.3 Å². The smallest absolute Gasteiger partial charge is 0.164 e. The molecule has 0 unspecified atom stereocenters. The van der Waals surface area contributed by atoms with Crippen LogP contribution < -0.4 is 14.9 Å². The van der Waals surface area contributed by atoms with Gasteiger partial charge in [0.2, 0.25) is 0 Å². The molecule has 2 heterocycles. The summed E-state index contributed by atoms with van der Waals surface area (Å²) in [5.74, 6) is 2.34. The third kappa shape index (κ3) is 3.57. The van der Waals surface area contributed by atoms with Crippen LogP contribution in [0.15, 0.2) is 70.1 Å². The highest BCUT2D eigenvalue weighted by Crippen LogP contribution is 2.30. The summed E-state index contributed by atoms with van der Waals surface area (Å²) in [7, 11) is 1.66. The number of benzene rings is 2. The summed E-state index contributed by atoms with van der Waals surface area (Å²) in [6, 6.07) is 17.8. The molecule has 0 atom stereocenters. The number of rotatable bonds is 5. The maximum atomic E-state index is 5.69. The first kappa shape index (κ1) is 17.3. The van der Waals surface area contributed by atoms with Gasteiger partial charge >= 0.3 is 0 Å². The van der Waals surface area contributed by atoms with Gasteiger partial charge in [0, 0.05) is 11.1 Å². The highest BCUT2D eigenvalue weighted by molar-refractivity contribution is 7.12. The molecule has 4 rings (SSSR count). The van der Waals surface area contributed by atoms with Gasteiger partial charge in [-0.3, -0.25) is 5.43 Å². The molecule has 1 aromatic heterocycles. The van der Waals surface area contributed by atoms with E-state index in [2.05, 4.69) is 10.5 Å². The first-order chi connectivity index (χ1) is 13.3. The number of thiophene rings is 1. The molecule has 136 valence electrons. The van der Waals surface area contributed by atoms with Crippen LogP contribution in [0.2, 0.25) is 0 Å². The second kappa shape index (κ2) is 7.63. The predicted octanol–water partition coefficient (Wildman–Crippen LogP) is 4.59. The number of hydrogen-bond donors (Lipinski definition) is 1. The summed E-state index contributed by atoms with van der Waals surface area (Å²) < 4.78 is 11.0. The Bertz CT molecular complexity index is 993. The van der Waals surface area contributed by atoms with Crippen LogP contribution in [0.5, 0.6) is 11.5 Å². The molecule has 1 N–H and O–H groups in total. The number of hydrazone groups is 1. The molecule has 5 nitrogen and oxygen atoms in total. The zero-order valence-corrected chi connectivity index (χ0v) is 15.9. The molecule has 0 aliphatic carbocycles. The Hall–Kier alpha value is -3.12. The minimum atomic E-state index is 0.607. The van der Waals surface area contributed by atoms with E-state index in [1.54, 1.807) is 18.4 Å². The van der Waals surface area contributed by atoms with E-state index in [1.807, 2.05) is 66.9 Å². The van der Waals surface area contributed by atoms with Gasteiger partial charge in [-0.05, 0) is 60.8 Å². The number of nitrogens with zero attached hydrogens (tertiary/aromatic N) is 2. The molecule has 0 radical (unpaired) electrons. The van der Waals surface area contributed by atoms with Crippen molar-refractivity contribution in [1.82, 2.24) is 5.43 Å². The van der Waals surface area contributed by atoms with E-state index in [0.29, 0.717) is 6.61 Å². The third-order valence-electron chi connectivity index (χ3n) is 4.16. The van der Waals surface area contributed by atoms with Gasteiger partial charge in [-0.2, -0.15) is 5.10 Å². The first-order valence-electron chi connectivity index (χ1n) is 8.66. The monoisotopic (exact) mass is 377 g/mol. The number of ether oxygens (including phenoxy) is 2. The van der Waals surface area contributed by atoms with Gasteiger partial charge in [0.25, 0.3) is 0 Å². The van der Waals surface area contributed by atoms with Crippen LogP contribution in [-0.4, -0.2) is 25.3 Å². The van der Waals surface area contributed by atoms with Crippen molar-refractivity contribution in [2.75, 3.05) is 13.7 Å². The van der Waals surface area contributed by atoms with E-state index >= 15 is 0 Å². The minimum absolute atomic E-state index is 0.607. The van der Waals surface area contributed by atoms with Crippen molar-refractivity contribution in [1.29, 1.82) is 0 Å². The molecular weight excluding hydrogens is 358 g/mol. The molecule has 0 saturated carbocycles. The van der Waals surface area contributed by atoms with E-state index in [-0.39, 0.29) is 0 Å². The number of hydrogen-bond acceptors (Lipinski definition) is 6. The number of fused-ring (bicyclic) bond motifs is 1. The van der Waals surface area contributed by atoms with Crippen molar-refractivity contribution >= 4 is 28.6 Å². The Morgan fingerprint density at radius 3 is 2.56 bits per heavy atom. The van der Waals surface area contributed by atoms with Crippen LogP contribution in [0.3, 0.4) is 0 Å². The van der Waals surface area contributed by atoms with Crippen LogP contribution in [0.25, 0.3) is 0 Å². The fourth-order valence-corrected chi connectivity index (χ4v) is 3.53. The fraction of sp³-hybridized carbons (Fsp3) is 0.143. The highest BCUT2D eigenvalue weighted by atomic mass is 32.1. The molecule has 1 aliphatic rings. The molecule has 3 aromatic rings. The SMILES string of the molecule is CCOc1ccc2c(c1)C(c1ccc(OC)cc1)=NNC(c1cccs1)=N2. The molecule has 6 heteroatoms. The standard InChI is InChI=1S/C21H19N3O2S/c1-3-26-16-10-11-18-17(13-16)20(14-6-8-15(25-2)9-7-14)23-24-21(22-18)19-5-4-12-27-19/h4-13H,3H2,1-2H3,(H,22,24). The fourth-order valence-electron chi connectivity index (χ4n) is 2.87. The lowest BCUT2D eigenvalue weighted by Crippen LogP contribution is -2.18. The lowest BCUT2D eigenvalue weighted by atomic mass is 10.0. The molecule has 0 fully saturated rings. The van der Waals surface area contributed by atoms with Crippen LogP contribution in [0.4, 0.5) is 5.69 Å². The average Bonchev–Trinajstić information content (AvgIpc) is 3.17. The zero-order chi connectivity index (χ0) is 18.6. The van der Waals surface area contributed by atoms with Crippen LogP contribution >= 0.6 is 11.3 Å². The van der Waals surface area contributed by atoms with Crippen molar-refractivity contribution in [2.24, 2.45) is 10.1 Å². The molecule has 27 heavy (non-hydrogen) atoms. The third-order valence-corrected chi connectivity index (χ3v) is 5.03. The molecule has 0 amide bonds. The second-order valence-corrected chi connectivity index (χ2v) is 6.80. The highest BCUT2D eigenvalue weighted by Gasteiger charge is 2.18. The van der Waals surface area contributed by atoms with Gasteiger partial charge < -0.3 is 9.47 Å². The van der Waals surface area contributed by atoms with E-state index in [0.717, 1.165) is 44.7 Å². The molecule has 0 saturated heterocycles. The van der Waals surface area contributed by atoms with E-state index < -0.39 is 0 Å². The second-order valence-electron chi connectivity index (χ2n) is 5.85. The Morgan fingerprint density at radius 1 is 1.04 bits per heavy atom. The molecular formula is C21H19N3O2S. The number of methoxy groups -OCH3 is 1. The number of nitrogens with one attached hydrogen (secondary N) is 1. The summed E-state index contributed by atoms with van der Waals surface area (Å²) in [6.07, 6.45) is 0. The summed E-state index contributed by atoms with van der Waals surface area (Å²) >= 11 is 1.62. The van der Waals surface area contributed by atoms with Gasteiger partial charge in [-0.1, -0.05) is 6.07 Å². The van der Waals surface area contributed by atoms with Crippen molar-refractivity contribution < 1.29 is 9.47 Å². The molecule has 1 aliphatic heterocycles. The van der Waals surface area contributed by atoms with Crippen LogP contribution in [0.1, 0.15) is 22.9 Å². The van der Waals surface area contributed by atoms with Crippen LogP contribution in [-0.2, 0) is 0 Å². The molecule has 0 bridgehead atoms. The first-order valence-corrected chi connectivity index (χ1v) is 9.54. The van der Waals surface area contributed by atoms with Gasteiger partial charge in [0.1, 0.15) is 17.2 Å². The lowest BCUT2D eigenvalue weighted by Gasteiger charge is -2.11. The largest absolute Gasteiger partial charge is 0.497 e. The lowest BCUT2D eigenvalue weighted by molar-refractivity contribution is 0.340. The zero-order valence-electron chi connectivity index (χ0n) is 15.1. The molecule has 2 aromatic carbocycles. The topological polar surface area (TPSA) is 55.2 Å². The average molecular weight is 377 g/mol. The summed E-state index contributed by atoms with van der Waals surface area (Å²) in [5.41, 5.74) is 6.69. The Balaban J connectivity index is 1.83. The molecule has 0 spiro atoms. The van der Waals surface area contributed by atoms with Crippen molar-refractivity contribution in [3.8, 4) is 11.5 Å². The Kier molecular flexibility index (Phi) is 4.89. The van der Waals surface area contributed by atoms with Crippen LogP contribution in [0, 0.1) is 0 Å². The normalized spacial score (nSPS) is 13.0. The van der Waals surface area contributed by atoms with E-state index in [4.69, 9.17) is 14.5 Å². The summed E-state index contributed by atoms with van der Waals surface area (Å²) in [4.78, 5) is 5.85. The Morgan fingerprint density at radius 2 is 1.85 bits per heavy atom. The maximum Gasteiger partial charge on any atom is 0.164 e. The van der Waals surface area contributed by atoms with Crippen molar-refractivity contribution in [3.63, 3.8) is 0 Å². The van der Waals surface area contributed by atoms with Gasteiger partial charge in [-0.15, -0.1) is 11.3 Å². The quantitative estimate of drug-likeness (QED) is 0.708. The van der Waals surface area contributed by atoms with E-state index in [1.165, 1.54) is 0 Å². The predicted molar refractivity (Wildman–Crippen MR) is 110 cm³/mol. The number of aliphatic imine (C=N–C) groups is 1.